The predicted octanol–water partition coefficient (Wildman–Crippen LogP) is 1.42. The van der Waals surface area contributed by atoms with E-state index in [1.165, 1.54) is 12.1 Å². The highest BCUT2D eigenvalue weighted by atomic mass is 16.6. The van der Waals surface area contributed by atoms with E-state index in [2.05, 4.69) is 20.4 Å². The van der Waals surface area contributed by atoms with Gasteiger partial charge < -0.3 is 10.2 Å². The number of aryl methyl sites for hydroxylation is 2. The molecule has 0 radical (unpaired) electrons. The molecule has 4 N–H and O–H groups in total. The lowest BCUT2D eigenvalue weighted by atomic mass is 9.85. The molecule has 0 bridgehead atoms. The van der Waals surface area contributed by atoms with Crippen LogP contribution in [0, 0.1) is 24.0 Å². The number of H-pyrrole nitrogens is 4. The van der Waals surface area contributed by atoms with Gasteiger partial charge in [-0.05, 0) is 19.4 Å². The quantitative estimate of drug-likeness (QED) is 0.424. The van der Waals surface area contributed by atoms with Gasteiger partial charge in [-0.15, -0.1) is 0 Å². The molecule has 9 heteroatoms. The molecule has 0 fully saturated rings. The van der Waals surface area contributed by atoms with E-state index >= 15 is 0 Å². The Morgan fingerprint density at radius 1 is 0.875 bits per heavy atom. The average molecular weight is 329 g/mol. The van der Waals surface area contributed by atoms with Crippen LogP contribution < -0.4 is 11.1 Å². The van der Waals surface area contributed by atoms with Crippen molar-refractivity contribution in [3.05, 3.63) is 83.2 Å². The van der Waals surface area contributed by atoms with Crippen LogP contribution in [0.5, 0.6) is 0 Å². The van der Waals surface area contributed by atoms with Gasteiger partial charge >= 0.3 is 0 Å². The first-order chi connectivity index (χ1) is 11.4. The fraction of sp³-hybridized carbons (Fsp3) is 0.200. The minimum absolute atomic E-state index is 0.0584. The van der Waals surface area contributed by atoms with Gasteiger partial charge in [0.1, 0.15) is 0 Å². The smallest absolute Gasteiger partial charge is 0.269 e. The third-order valence-corrected chi connectivity index (χ3v) is 4.04. The van der Waals surface area contributed by atoms with Crippen LogP contribution in [-0.4, -0.2) is 25.3 Å². The number of hydrogen-bond donors (Lipinski definition) is 4. The Morgan fingerprint density at radius 3 is 1.67 bits per heavy atom. The molecule has 0 amide bonds. The molecular weight excluding hydrogens is 314 g/mol. The Morgan fingerprint density at radius 2 is 1.33 bits per heavy atom. The van der Waals surface area contributed by atoms with Gasteiger partial charge in [-0.2, -0.15) is 0 Å². The highest BCUT2D eigenvalue weighted by molar-refractivity contribution is 5.46. The van der Waals surface area contributed by atoms with Gasteiger partial charge in [0.05, 0.1) is 16.1 Å². The summed E-state index contributed by atoms with van der Waals surface area (Å²) in [6.45, 7) is 3.45. The van der Waals surface area contributed by atoms with E-state index in [9.17, 15) is 19.7 Å². The third kappa shape index (κ3) is 2.45. The zero-order chi connectivity index (χ0) is 17.4. The van der Waals surface area contributed by atoms with Crippen molar-refractivity contribution in [3.63, 3.8) is 0 Å². The first-order valence-electron chi connectivity index (χ1n) is 7.18. The molecule has 3 aromatic rings. The first-order valence-corrected chi connectivity index (χ1v) is 7.18. The summed E-state index contributed by atoms with van der Waals surface area (Å²) in [6, 6.07) is 5.82. The van der Waals surface area contributed by atoms with E-state index in [0.29, 0.717) is 28.1 Å². The minimum Gasteiger partial charge on any atom is -0.302 e. The third-order valence-electron chi connectivity index (χ3n) is 4.04. The number of benzene rings is 1. The summed E-state index contributed by atoms with van der Waals surface area (Å²) < 4.78 is 0. The molecule has 2 aromatic heterocycles. The second kappa shape index (κ2) is 5.69. The molecule has 24 heavy (non-hydrogen) atoms. The maximum absolute atomic E-state index is 12.2. The zero-order valence-corrected chi connectivity index (χ0v) is 13.0. The van der Waals surface area contributed by atoms with Gasteiger partial charge in [0.2, 0.25) is 0 Å². The van der Waals surface area contributed by atoms with Gasteiger partial charge in [-0.25, -0.2) is 0 Å². The Labute approximate surface area is 134 Å². The van der Waals surface area contributed by atoms with Crippen molar-refractivity contribution in [2.24, 2.45) is 0 Å². The van der Waals surface area contributed by atoms with Crippen molar-refractivity contribution < 1.29 is 4.92 Å². The summed E-state index contributed by atoms with van der Waals surface area (Å²) >= 11 is 0. The summed E-state index contributed by atoms with van der Waals surface area (Å²) in [5.74, 6) is -0.643. The van der Waals surface area contributed by atoms with E-state index in [0.717, 1.165) is 0 Å². The molecule has 0 aliphatic rings. The maximum Gasteiger partial charge on any atom is 0.269 e. The molecule has 0 aliphatic heterocycles. The van der Waals surface area contributed by atoms with Crippen molar-refractivity contribution >= 4 is 5.69 Å². The number of non-ortho nitro benzene ring substituents is 1. The molecule has 0 atom stereocenters. The second-order valence-electron chi connectivity index (χ2n) is 5.52. The number of nitro benzene ring substituents is 1. The van der Waals surface area contributed by atoms with Crippen LogP contribution >= 0.6 is 0 Å². The van der Waals surface area contributed by atoms with Gasteiger partial charge in [0.15, 0.2) is 0 Å². The molecule has 0 saturated heterocycles. The lowest BCUT2D eigenvalue weighted by Gasteiger charge is -2.15. The van der Waals surface area contributed by atoms with Crippen molar-refractivity contribution in [2.45, 2.75) is 19.8 Å². The van der Waals surface area contributed by atoms with Crippen LogP contribution in [0.15, 0.2) is 33.9 Å². The number of aromatic amines is 4. The lowest BCUT2D eigenvalue weighted by molar-refractivity contribution is -0.384. The lowest BCUT2D eigenvalue weighted by Crippen LogP contribution is -2.20. The van der Waals surface area contributed by atoms with E-state index in [1.807, 2.05) is 0 Å². The largest absolute Gasteiger partial charge is 0.302 e. The molecule has 9 nitrogen and oxygen atoms in total. The monoisotopic (exact) mass is 329 g/mol. The van der Waals surface area contributed by atoms with Crippen LogP contribution in [0.25, 0.3) is 0 Å². The molecule has 124 valence electrons. The van der Waals surface area contributed by atoms with Crippen molar-refractivity contribution in [3.8, 4) is 0 Å². The minimum atomic E-state index is -0.643. The van der Waals surface area contributed by atoms with Crippen molar-refractivity contribution in [1.29, 1.82) is 0 Å². The first kappa shape index (κ1) is 15.5. The Kier molecular flexibility index (Phi) is 3.68. The van der Waals surface area contributed by atoms with Crippen LogP contribution in [-0.2, 0) is 0 Å². The van der Waals surface area contributed by atoms with Crippen molar-refractivity contribution in [2.75, 3.05) is 0 Å². The second-order valence-corrected chi connectivity index (χ2v) is 5.52. The number of nitrogens with zero attached hydrogens (tertiary/aromatic N) is 1. The van der Waals surface area contributed by atoms with E-state index in [4.69, 9.17) is 0 Å². The fourth-order valence-corrected chi connectivity index (χ4v) is 2.87. The molecule has 0 saturated carbocycles. The van der Waals surface area contributed by atoms with Crippen LogP contribution in [0.4, 0.5) is 5.69 Å². The summed E-state index contributed by atoms with van der Waals surface area (Å²) in [7, 11) is 0. The zero-order valence-electron chi connectivity index (χ0n) is 13.0. The SMILES string of the molecule is Cc1[nH][nH]c(=O)c1C(c1ccc([N+](=O)[O-])cc1)c1c(C)[nH][nH]c1=O. The maximum atomic E-state index is 12.2. The molecule has 0 spiro atoms. The van der Waals surface area contributed by atoms with E-state index in [1.54, 1.807) is 26.0 Å². The normalized spacial score (nSPS) is 11.1. The van der Waals surface area contributed by atoms with Gasteiger partial charge in [0, 0.05) is 29.4 Å². The van der Waals surface area contributed by atoms with Gasteiger partial charge in [-0.3, -0.25) is 29.9 Å². The standard InChI is InChI=1S/C15H15N5O4/c1-7-11(14(21)18-16-7)13(12-8(2)17-19-15(12)22)9-3-5-10(6-4-9)20(23)24/h3-6,13H,1-2H3,(H2,16,18,21)(H2,17,19,22). The molecule has 2 heterocycles. The number of hydrogen-bond acceptors (Lipinski definition) is 4. The van der Waals surface area contributed by atoms with Crippen LogP contribution in [0.1, 0.15) is 34.0 Å². The molecule has 0 unspecified atom stereocenters. The van der Waals surface area contributed by atoms with Crippen LogP contribution in [0.3, 0.4) is 0 Å². The fourth-order valence-electron chi connectivity index (χ4n) is 2.87. The Hall–Kier alpha value is -3.36. The van der Waals surface area contributed by atoms with Gasteiger partial charge in [0.25, 0.3) is 16.8 Å². The molecular formula is C15H15N5O4. The van der Waals surface area contributed by atoms with Crippen molar-refractivity contribution in [1.82, 2.24) is 20.4 Å². The topological polar surface area (TPSA) is 140 Å². The summed E-state index contributed by atoms with van der Waals surface area (Å²) in [6.07, 6.45) is 0. The predicted molar refractivity (Wildman–Crippen MR) is 86.3 cm³/mol. The molecule has 0 aliphatic carbocycles. The van der Waals surface area contributed by atoms with E-state index in [-0.39, 0.29) is 16.8 Å². The van der Waals surface area contributed by atoms with Gasteiger partial charge in [-0.1, -0.05) is 12.1 Å². The number of nitrogens with one attached hydrogen (secondary N) is 4. The summed E-state index contributed by atoms with van der Waals surface area (Å²) in [5.41, 5.74) is 1.88. The molecule has 1 aromatic carbocycles. The highest BCUT2D eigenvalue weighted by Crippen LogP contribution is 2.31. The number of nitro groups is 1. The summed E-state index contributed by atoms with van der Waals surface area (Å²) in [4.78, 5) is 34.8. The van der Waals surface area contributed by atoms with E-state index < -0.39 is 10.8 Å². The van der Waals surface area contributed by atoms with Crippen LogP contribution in [0.2, 0.25) is 0 Å². The average Bonchev–Trinajstić information content (AvgIpc) is 3.05. The molecule has 3 rings (SSSR count). The highest BCUT2D eigenvalue weighted by Gasteiger charge is 2.28. The number of rotatable bonds is 4. The summed E-state index contributed by atoms with van der Waals surface area (Å²) in [5, 5.41) is 21.4. The Bertz CT molecular complexity index is 951. The number of aromatic nitrogens is 4. The Balaban J connectivity index is 2.25.